The molecule has 0 spiro atoms. The first kappa shape index (κ1) is 11.3. The van der Waals surface area contributed by atoms with Crippen LogP contribution in [-0.2, 0) is 0 Å². The van der Waals surface area contributed by atoms with E-state index in [0.29, 0.717) is 5.69 Å². The van der Waals surface area contributed by atoms with Crippen molar-refractivity contribution >= 4 is 16.6 Å². The van der Waals surface area contributed by atoms with E-state index in [4.69, 9.17) is 5.73 Å². The normalized spacial score (nSPS) is 10.7. The molecule has 5 nitrogen and oxygen atoms in total. The Morgan fingerprint density at radius 2 is 1.74 bits per heavy atom. The summed E-state index contributed by atoms with van der Waals surface area (Å²) in [5.41, 5.74) is 5.40. The van der Waals surface area contributed by atoms with Gasteiger partial charge in [-0.1, -0.05) is 36.4 Å². The Labute approximate surface area is 107 Å². The summed E-state index contributed by atoms with van der Waals surface area (Å²) < 4.78 is 1.30. The fourth-order valence-electron chi connectivity index (χ4n) is 2.17. The molecule has 3 rings (SSSR count). The third kappa shape index (κ3) is 1.81. The molecule has 0 aliphatic rings. The first-order chi connectivity index (χ1) is 9.16. The Hall–Kier alpha value is -2.82. The van der Waals surface area contributed by atoms with Crippen LogP contribution in [0, 0.1) is 0 Å². The Kier molecular flexibility index (Phi) is 2.45. The zero-order chi connectivity index (χ0) is 13.4. The predicted octanol–water partition coefficient (Wildman–Crippen LogP) is 1.26. The monoisotopic (exact) mass is 253 g/mol. The third-order valence-corrected chi connectivity index (χ3v) is 2.98. The van der Waals surface area contributed by atoms with Crippen LogP contribution in [0.1, 0.15) is 0 Å². The molecule has 0 fully saturated rings. The molecule has 0 radical (unpaired) electrons. The number of H-pyrrole nitrogens is 1. The summed E-state index contributed by atoms with van der Waals surface area (Å²) in [5.74, 6) is 0.116. The maximum absolute atomic E-state index is 11.9. The summed E-state index contributed by atoms with van der Waals surface area (Å²) >= 11 is 0. The van der Waals surface area contributed by atoms with Gasteiger partial charge < -0.3 is 5.73 Å². The maximum atomic E-state index is 11.9. The van der Waals surface area contributed by atoms with Gasteiger partial charge in [-0.2, -0.15) is 0 Å². The van der Waals surface area contributed by atoms with Gasteiger partial charge in [0.05, 0.1) is 5.69 Å². The van der Waals surface area contributed by atoms with Crippen LogP contribution in [0.4, 0.5) is 5.82 Å². The van der Waals surface area contributed by atoms with Crippen molar-refractivity contribution in [2.24, 2.45) is 0 Å². The molecule has 0 aliphatic heterocycles. The first-order valence-electron chi connectivity index (χ1n) is 5.77. The lowest BCUT2D eigenvalue weighted by Crippen LogP contribution is -2.30. The van der Waals surface area contributed by atoms with Crippen molar-refractivity contribution in [1.29, 1.82) is 0 Å². The van der Waals surface area contributed by atoms with Crippen LogP contribution in [0.25, 0.3) is 16.5 Å². The lowest BCUT2D eigenvalue weighted by Gasteiger charge is -2.11. The first-order valence-corrected chi connectivity index (χ1v) is 5.77. The Balaban J connectivity index is 2.44. The predicted molar refractivity (Wildman–Crippen MR) is 74.6 cm³/mol. The molecule has 0 unspecified atom stereocenters. The van der Waals surface area contributed by atoms with Gasteiger partial charge in [0.2, 0.25) is 0 Å². The summed E-state index contributed by atoms with van der Waals surface area (Å²) in [6.07, 6.45) is 0. The number of rotatable bonds is 1. The number of hydrogen-bond donors (Lipinski definition) is 2. The summed E-state index contributed by atoms with van der Waals surface area (Å²) in [4.78, 5) is 25.4. The highest BCUT2D eigenvalue weighted by Crippen LogP contribution is 2.22. The van der Waals surface area contributed by atoms with E-state index in [9.17, 15) is 9.59 Å². The van der Waals surface area contributed by atoms with Crippen LogP contribution < -0.4 is 17.0 Å². The van der Waals surface area contributed by atoms with Crippen molar-refractivity contribution < 1.29 is 0 Å². The number of anilines is 1. The SMILES string of the molecule is Nc1cc(=O)[nH]c(=O)n1-c1cccc2ccccc12. The number of hydrogen-bond acceptors (Lipinski definition) is 3. The van der Waals surface area contributed by atoms with Gasteiger partial charge in [-0.15, -0.1) is 0 Å². The van der Waals surface area contributed by atoms with Crippen molar-refractivity contribution in [2.45, 2.75) is 0 Å². The molecule has 0 bridgehead atoms. The van der Waals surface area contributed by atoms with Crippen LogP contribution >= 0.6 is 0 Å². The molecule has 3 N–H and O–H groups in total. The van der Waals surface area contributed by atoms with Gasteiger partial charge in [0.15, 0.2) is 0 Å². The second-order valence-electron chi connectivity index (χ2n) is 4.20. The van der Waals surface area contributed by atoms with Crippen LogP contribution in [0.2, 0.25) is 0 Å². The van der Waals surface area contributed by atoms with Gasteiger partial charge >= 0.3 is 5.69 Å². The van der Waals surface area contributed by atoms with Gasteiger partial charge in [-0.25, -0.2) is 9.36 Å². The number of nitrogens with zero attached hydrogens (tertiary/aromatic N) is 1. The van der Waals surface area contributed by atoms with E-state index >= 15 is 0 Å². The molecule has 0 saturated carbocycles. The number of nitrogen functional groups attached to an aromatic ring is 1. The summed E-state index contributed by atoms with van der Waals surface area (Å²) in [7, 11) is 0. The molecule has 5 heteroatoms. The molecule has 2 aromatic carbocycles. The molecule has 1 heterocycles. The minimum atomic E-state index is -0.540. The standard InChI is InChI=1S/C14H11N3O2/c15-12-8-13(18)16-14(19)17(12)11-7-3-5-9-4-1-2-6-10(9)11/h1-8H,15H2,(H,16,18,19). The molecule has 0 saturated heterocycles. The number of fused-ring (bicyclic) bond motifs is 1. The average molecular weight is 253 g/mol. The summed E-state index contributed by atoms with van der Waals surface area (Å²) in [6, 6.07) is 14.4. The molecule has 0 aliphatic carbocycles. The second-order valence-corrected chi connectivity index (χ2v) is 4.20. The minimum absolute atomic E-state index is 0.116. The van der Waals surface area contributed by atoms with Gasteiger partial charge in [0.25, 0.3) is 5.56 Å². The fraction of sp³-hybridized carbons (Fsp3) is 0. The largest absolute Gasteiger partial charge is 0.385 e. The van der Waals surface area contributed by atoms with Crippen molar-refractivity contribution in [3.05, 3.63) is 69.4 Å². The fourth-order valence-corrected chi connectivity index (χ4v) is 2.17. The highest BCUT2D eigenvalue weighted by Gasteiger charge is 2.08. The van der Waals surface area contributed by atoms with E-state index in [1.807, 2.05) is 36.4 Å². The lowest BCUT2D eigenvalue weighted by molar-refractivity contribution is 0.915. The van der Waals surface area contributed by atoms with E-state index in [2.05, 4.69) is 4.98 Å². The van der Waals surface area contributed by atoms with Crippen LogP contribution in [0.15, 0.2) is 58.1 Å². The molecule has 1 aromatic heterocycles. The molecule has 3 aromatic rings. The van der Waals surface area contributed by atoms with Crippen LogP contribution in [0.5, 0.6) is 0 Å². The highest BCUT2D eigenvalue weighted by molar-refractivity contribution is 5.90. The summed E-state index contributed by atoms with van der Waals surface area (Å²) in [6.45, 7) is 0. The van der Waals surface area contributed by atoms with Crippen molar-refractivity contribution in [1.82, 2.24) is 9.55 Å². The van der Waals surface area contributed by atoms with Crippen LogP contribution in [0.3, 0.4) is 0 Å². The van der Waals surface area contributed by atoms with Gasteiger partial charge in [0, 0.05) is 11.5 Å². The second kappa shape index (κ2) is 4.13. The Morgan fingerprint density at radius 1 is 1.00 bits per heavy atom. The van der Waals surface area contributed by atoms with Crippen molar-refractivity contribution in [3.63, 3.8) is 0 Å². The van der Waals surface area contributed by atoms with E-state index in [-0.39, 0.29) is 5.82 Å². The molecular formula is C14H11N3O2. The van der Waals surface area contributed by atoms with Crippen molar-refractivity contribution in [2.75, 3.05) is 5.73 Å². The molecule has 0 amide bonds. The number of aromatic amines is 1. The van der Waals surface area contributed by atoms with E-state index < -0.39 is 11.2 Å². The highest BCUT2D eigenvalue weighted by atomic mass is 16.2. The summed E-state index contributed by atoms with van der Waals surface area (Å²) in [5, 5.41) is 1.89. The van der Waals surface area contributed by atoms with E-state index in [0.717, 1.165) is 10.8 Å². The minimum Gasteiger partial charge on any atom is -0.385 e. The lowest BCUT2D eigenvalue weighted by atomic mass is 10.1. The Bertz CT molecular complexity index is 872. The number of aromatic nitrogens is 2. The van der Waals surface area contributed by atoms with Crippen LogP contribution in [-0.4, -0.2) is 9.55 Å². The average Bonchev–Trinajstić information content (AvgIpc) is 2.38. The number of nitrogens with one attached hydrogen (secondary N) is 1. The molecule has 19 heavy (non-hydrogen) atoms. The third-order valence-electron chi connectivity index (χ3n) is 2.98. The van der Waals surface area contributed by atoms with E-state index in [1.165, 1.54) is 10.6 Å². The number of nitrogens with two attached hydrogens (primary N) is 1. The van der Waals surface area contributed by atoms with E-state index in [1.54, 1.807) is 6.07 Å². The number of benzene rings is 2. The van der Waals surface area contributed by atoms with Gasteiger partial charge in [-0.05, 0) is 11.5 Å². The molecule has 0 atom stereocenters. The Morgan fingerprint density at radius 3 is 2.53 bits per heavy atom. The smallest absolute Gasteiger partial charge is 0.334 e. The zero-order valence-electron chi connectivity index (χ0n) is 9.96. The van der Waals surface area contributed by atoms with Crippen molar-refractivity contribution in [3.8, 4) is 5.69 Å². The molecule has 94 valence electrons. The maximum Gasteiger partial charge on any atom is 0.334 e. The quantitative estimate of drug-likeness (QED) is 0.685. The van der Waals surface area contributed by atoms with Gasteiger partial charge in [-0.3, -0.25) is 9.78 Å². The zero-order valence-corrected chi connectivity index (χ0v) is 9.96. The molecular weight excluding hydrogens is 242 g/mol. The topological polar surface area (TPSA) is 80.9 Å². The van der Waals surface area contributed by atoms with Gasteiger partial charge in [0.1, 0.15) is 5.82 Å².